The zero-order chi connectivity index (χ0) is 13.7. The lowest BCUT2D eigenvalue weighted by molar-refractivity contribution is -0.133. The van der Waals surface area contributed by atoms with Crippen molar-refractivity contribution in [3.05, 3.63) is 22.2 Å². The Morgan fingerprint density at radius 1 is 1.20 bits per heavy atom. The van der Waals surface area contributed by atoms with Crippen LogP contribution < -0.4 is 11.3 Å². The Morgan fingerprint density at radius 3 is 2.45 bits per heavy atom. The maximum absolute atomic E-state index is 11.4. The second-order valence-corrected chi connectivity index (χ2v) is 6.82. The molecule has 0 saturated heterocycles. The fourth-order valence-corrected chi connectivity index (χ4v) is 4.92. The van der Waals surface area contributed by atoms with E-state index in [1.54, 1.807) is 0 Å². The molecular weight excluding hydrogens is 254 g/mol. The van der Waals surface area contributed by atoms with Crippen molar-refractivity contribution < 1.29 is 4.74 Å². The molecule has 5 heteroatoms. The van der Waals surface area contributed by atoms with Crippen molar-refractivity contribution in [3.63, 3.8) is 0 Å². The van der Waals surface area contributed by atoms with Crippen molar-refractivity contribution in [1.29, 1.82) is 0 Å². The Bertz CT molecular complexity index is 540. The lowest BCUT2D eigenvalue weighted by Gasteiger charge is -2.53. The number of hydrogen-bond donors (Lipinski definition) is 2. The molecule has 0 unspecified atom stereocenters. The van der Waals surface area contributed by atoms with Gasteiger partial charge in [-0.05, 0) is 55.8 Å². The molecule has 3 N–H and O–H groups in total. The van der Waals surface area contributed by atoms with E-state index < -0.39 is 0 Å². The first kappa shape index (κ1) is 12.4. The van der Waals surface area contributed by atoms with E-state index in [1.165, 1.54) is 38.2 Å². The molecule has 1 aromatic heterocycles. The highest BCUT2D eigenvalue weighted by molar-refractivity contribution is 5.24. The van der Waals surface area contributed by atoms with E-state index in [2.05, 4.69) is 9.97 Å². The average Bonchev–Trinajstić information content (AvgIpc) is 2.35. The number of nitrogens with zero attached hydrogens (tertiary/aromatic N) is 1. The molecule has 5 rings (SSSR count). The standard InChI is InChI=1S/C15H21N3O2/c16-12-6-14(19)18-13(17-12)7-20-15-10-2-8-1-9(4-10)5-11(15)3-8/h6,8-11,15H,1-5,7H2,(H3,16,17,18,19). The van der Waals surface area contributed by atoms with Gasteiger partial charge in [0.15, 0.2) is 0 Å². The van der Waals surface area contributed by atoms with Crippen molar-refractivity contribution in [2.75, 3.05) is 5.73 Å². The van der Waals surface area contributed by atoms with E-state index in [0.29, 0.717) is 18.5 Å². The van der Waals surface area contributed by atoms with E-state index >= 15 is 0 Å². The predicted octanol–water partition coefficient (Wildman–Crippen LogP) is 1.69. The summed E-state index contributed by atoms with van der Waals surface area (Å²) in [5, 5.41) is 0. The Labute approximate surface area is 117 Å². The van der Waals surface area contributed by atoms with Gasteiger partial charge in [-0.3, -0.25) is 4.79 Å². The van der Waals surface area contributed by atoms with Crippen LogP contribution in [0.15, 0.2) is 10.9 Å². The number of aromatic amines is 1. The first-order valence-electron chi connectivity index (χ1n) is 7.64. The summed E-state index contributed by atoms with van der Waals surface area (Å²) in [6, 6.07) is 1.30. The van der Waals surface area contributed by atoms with Gasteiger partial charge in [0, 0.05) is 6.07 Å². The van der Waals surface area contributed by atoms with Gasteiger partial charge < -0.3 is 15.5 Å². The highest BCUT2D eigenvalue weighted by Crippen LogP contribution is 2.54. The van der Waals surface area contributed by atoms with Gasteiger partial charge in [0.05, 0.1) is 6.10 Å². The first-order valence-corrected chi connectivity index (χ1v) is 7.64. The molecule has 4 aliphatic rings. The molecule has 5 nitrogen and oxygen atoms in total. The molecule has 4 bridgehead atoms. The largest absolute Gasteiger partial charge is 0.383 e. The molecule has 0 amide bonds. The van der Waals surface area contributed by atoms with Crippen molar-refractivity contribution in [1.82, 2.24) is 9.97 Å². The second-order valence-electron chi connectivity index (χ2n) is 6.82. The molecule has 4 aliphatic carbocycles. The number of aromatic nitrogens is 2. The van der Waals surface area contributed by atoms with E-state index in [4.69, 9.17) is 10.5 Å². The minimum Gasteiger partial charge on any atom is -0.383 e. The number of ether oxygens (including phenoxy) is 1. The van der Waals surface area contributed by atoms with Gasteiger partial charge in [-0.25, -0.2) is 4.98 Å². The minimum absolute atomic E-state index is 0.207. The molecule has 0 aromatic carbocycles. The molecule has 0 spiro atoms. The van der Waals surface area contributed by atoms with Crippen LogP contribution in [0.2, 0.25) is 0 Å². The number of anilines is 1. The molecule has 108 valence electrons. The monoisotopic (exact) mass is 275 g/mol. The fourth-order valence-electron chi connectivity index (χ4n) is 4.92. The number of nitrogens with two attached hydrogens (primary N) is 1. The second kappa shape index (κ2) is 4.58. The average molecular weight is 275 g/mol. The highest BCUT2D eigenvalue weighted by Gasteiger charge is 2.48. The molecule has 1 aromatic rings. The lowest BCUT2D eigenvalue weighted by atomic mass is 9.55. The van der Waals surface area contributed by atoms with Crippen LogP contribution in [0.4, 0.5) is 5.82 Å². The van der Waals surface area contributed by atoms with Crippen molar-refractivity contribution >= 4 is 5.82 Å². The van der Waals surface area contributed by atoms with Crippen LogP contribution in [0.5, 0.6) is 0 Å². The van der Waals surface area contributed by atoms with Crippen LogP contribution in [0.25, 0.3) is 0 Å². The van der Waals surface area contributed by atoms with Crippen LogP contribution in [0.1, 0.15) is 37.9 Å². The van der Waals surface area contributed by atoms with Crippen LogP contribution >= 0.6 is 0 Å². The summed E-state index contributed by atoms with van der Waals surface area (Å²) in [5.74, 6) is 4.14. The van der Waals surface area contributed by atoms with Crippen molar-refractivity contribution in [2.45, 2.75) is 44.8 Å². The molecule has 0 atom stereocenters. The smallest absolute Gasteiger partial charge is 0.253 e. The topological polar surface area (TPSA) is 81.0 Å². The maximum atomic E-state index is 11.4. The zero-order valence-electron chi connectivity index (χ0n) is 11.5. The molecular formula is C15H21N3O2. The van der Waals surface area contributed by atoms with Gasteiger partial charge in [0.25, 0.3) is 5.56 Å². The summed E-state index contributed by atoms with van der Waals surface area (Å²) in [6.45, 7) is 0.368. The number of hydrogen-bond acceptors (Lipinski definition) is 4. The van der Waals surface area contributed by atoms with Crippen LogP contribution in [0, 0.1) is 23.7 Å². The maximum Gasteiger partial charge on any atom is 0.253 e. The Kier molecular flexibility index (Phi) is 2.84. The Balaban J connectivity index is 1.46. The van der Waals surface area contributed by atoms with Gasteiger partial charge >= 0.3 is 0 Å². The van der Waals surface area contributed by atoms with Crippen molar-refractivity contribution in [3.8, 4) is 0 Å². The van der Waals surface area contributed by atoms with Gasteiger partial charge in [0.1, 0.15) is 18.2 Å². The molecule has 20 heavy (non-hydrogen) atoms. The van der Waals surface area contributed by atoms with Crippen LogP contribution in [-0.4, -0.2) is 16.1 Å². The van der Waals surface area contributed by atoms with E-state index in [0.717, 1.165) is 23.7 Å². The summed E-state index contributed by atoms with van der Waals surface area (Å²) in [5.41, 5.74) is 5.39. The number of rotatable bonds is 3. The number of H-pyrrole nitrogens is 1. The van der Waals surface area contributed by atoms with Gasteiger partial charge in [-0.2, -0.15) is 0 Å². The summed E-state index contributed by atoms with van der Waals surface area (Å²) in [6.07, 6.45) is 7.13. The molecule has 4 saturated carbocycles. The molecule has 4 fully saturated rings. The minimum atomic E-state index is -0.207. The third-order valence-corrected chi connectivity index (χ3v) is 5.36. The molecule has 1 heterocycles. The lowest BCUT2D eigenvalue weighted by Crippen LogP contribution is -2.49. The third kappa shape index (κ3) is 2.14. The zero-order valence-corrected chi connectivity index (χ0v) is 11.5. The molecule has 0 aliphatic heterocycles. The highest BCUT2D eigenvalue weighted by atomic mass is 16.5. The van der Waals surface area contributed by atoms with Gasteiger partial charge in [-0.15, -0.1) is 0 Å². The first-order chi connectivity index (χ1) is 9.67. The quantitative estimate of drug-likeness (QED) is 0.879. The third-order valence-electron chi connectivity index (χ3n) is 5.36. The predicted molar refractivity (Wildman–Crippen MR) is 74.9 cm³/mol. The van der Waals surface area contributed by atoms with Crippen LogP contribution in [0.3, 0.4) is 0 Å². The van der Waals surface area contributed by atoms with Gasteiger partial charge in [0.2, 0.25) is 0 Å². The van der Waals surface area contributed by atoms with E-state index in [9.17, 15) is 4.79 Å². The summed E-state index contributed by atoms with van der Waals surface area (Å²) >= 11 is 0. The summed E-state index contributed by atoms with van der Waals surface area (Å²) in [7, 11) is 0. The van der Waals surface area contributed by atoms with Crippen molar-refractivity contribution in [2.24, 2.45) is 23.7 Å². The Morgan fingerprint density at radius 2 is 1.85 bits per heavy atom. The van der Waals surface area contributed by atoms with E-state index in [1.807, 2.05) is 0 Å². The summed E-state index contributed by atoms with van der Waals surface area (Å²) in [4.78, 5) is 18.2. The Hall–Kier alpha value is -1.36. The van der Waals surface area contributed by atoms with Gasteiger partial charge in [-0.1, -0.05) is 0 Å². The SMILES string of the molecule is Nc1cc(=O)[nH]c(COC2C3CC4CC(C3)CC2C4)n1. The fraction of sp³-hybridized carbons (Fsp3) is 0.733. The normalized spacial score (nSPS) is 38.3. The van der Waals surface area contributed by atoms with Crippen LogP contribution in [-0.2, 0) is 11.3 Å². The number of nitrogen functional groups attached to an aromatic ring is 1. The molecule has 0 radical (unpaired) electrons. The number of nitrogens with one attached hydrogen (secondary N) is 1. The summed E-state index contributed by atoms with van der Waals surface area (Å²) < 4.78 is 6.13. The van der Waals surface area contributed by atoms with E-state index in [-0.39, 0.29) is 11.4 Å².